The molecule has 0 aliphatic heterocycles. The third-order valence-electron chi connectivity index (χ3n) is 3.11. The fraction of sp³-hybridized carbons (Fsp3) is 0.143. The number of benzene rings is 1. The quantitative estimate of drug-likeness (QED) is 0.703. The predicted molar refractivity (Wildman–Crippen MR) is 66.8 cm³/mol. The van der Waals surface area contributed by atoms with E-state index in [9.17, 15) is 0 Å². The Bertz CT molecular complexity index is 475. The van der Waals surface area contributed by atoms with Crippen LogP contribution >= 0.6 is 15.9 Å². The number of allylic oxidation sites excluding steroid dienone is 6. The van der Waals surface area contributed by atoms with E-state index in [0.29, 0.717) is 5.92 Å². The first-order valence-electron chi connectivity index (χ1n) is 5.19. The molecule has 0 amide bonds. The van der Waals surface area contributed by atoms with Crippen LogP contribution in [0.4, 0.5) is 0 Å². The molecule has 1 aromatic rings. The Morgan fingerprint density at radius 3 is 2.73 bits per heavy atom. The molecule has 0 heterocycles. The third kappa shape index (κ3) is 1.51. The SMILES string of the molecule is Brc1ccc([C@@H]2CC=C3C=CC=C32)cc1. The molecule has 0 saturated heterocycles. The largest absolute Gasteiger partial charge is 0.0760 e. The van der Waals surface area contributed by atoms with Gasteiger partial charge >= 0.3 is 0 Å². The van der Waals surface area contributed by atoms with E-state index in [1.165, 1.54) is 16.7 Å². The number of rotatable bonds is 1. The van der Waals surface area contributed by atoms with E-state index in [4.69, 9.17) is 0 Å². The molecule has 1 heteroatoms. The number of fused-ring (bicyclic) bond motifs is 1. The molecule has 1 atom stereocenters. The van der Waals surface area contributed by atoms with Crippen LogP contribution in [-0.2, 0) is 0 Å². The van der Waals surface area contributed by atoms with E-state index >= 15 is 0 Å². The van der Waals surface area contributed by atoms with Crippen LogP contribution in [0.5, 0.6) is 0 Å². The molecule has 0 spiro atoms. The van der Waals surface area contributed by atoms with Gasteiger partial charge in [-0.3, -0.25) is 0 Å². The van der Waals surface area contributed by atoms with Gasteiger partial charge < -0.3 is 0 Å². The molecule has 3 rings (SSSR count). The van der Waals surface area contributed by atoms with Crippen molar-refractivity contribution in [3.8, 4) is 0 Å². The maximum absolute atomic E-state index is 3.47. The third-order valence-corrected chi connectivity index (χ3v) is 3.63. The van der Waals surface area contributed by atoms with Gasteiger partial charge in [-0.1, -0.05) is 52.4 Å². The first-order chi connectivity index (χ1) is 7.34. The molecule has 2 aliphatic carbocycles. The van der Waals surface area contributed by atoms with Gasteiger partial charge in [-0.2, -0.15) is 0 Å². The van der Waals surface area contributed by atoms with Crippen molar-refractivity contribution in [1.29, 1.82) is 0 Å². The van der Waals surface area contributed by atoms with E-state index in [-0.39, 0.29) is 0 Å². The predicted octanol–water partition coefficient (Wildman–Crippen LogP) is 4.36. The minimum Gasteiger partial charge on any atom is -0.0760 e. The zero-order chi connectivity index (χ0) is 10.3. The summed E-state index contributed by atoms with van der Waals surface area (Å²) in [6.45, 7) is 0. The van der Waals surface area contributed by atoms with Gasteiger partial charge in [-0.05, 0) is 35.3 Å². The lowest BCUT2D eigenvalue weighted by Gasteiger charge is -2.12. The Kier molecular flexibility index (Phi) is 2.14. The van der Waals surface area contributed by atoms with Crippen molar-refractivity contribution in [2.75, 3.05) is 0 Å². The van der Waals surface area contributed by atoms with Crippen molar-refractivity contribution >= 4 is 15.9 Å². The molecular weight excluding hydrogens is 248 g/mol. The second-order valence-corrected chi connectivity index (χ2v) is 4.90. The minimum absolute atomic E-state index is 0.572. The summed E-state index contributed by atoms with van der Waals surface area (Å²) in [7, 11) is 0. The normalized spacial score (nSPS) is 22.6. The van der Waals surface area contributed by atoms with Crippen LogP contribution < -0.4 is 0 Å². The van der Waals surface area contributed by atoms with Crippen molar-refractivity contribution in [2.45, 2.75) is 12.3 Å². The summed E-state index contributed by atoms with van der Waals surface area (Å²) in [5.74, 6) is 0.572. The Balaban J connectivity index is 1.95. The Labute approximate surface area is 98.1 Å². The summed E-state index contributed by atoms with van der Waals surface area (Å²) in [6.07, 6.45) is 10.1. The average molecular weight is 259 g/mol. The lowest BCUT2D eigenvalue weighted by molar-refractivity contribution is 0.863. The van der Waals surface area contributed by atoms with Crippen LogP contribution in [0.1, 0.15) is 17.9 Å². The highest BCUT2D eigenvalue weighted by Gasteiger charge is 2.24. The zero-order valence-electron chi connectivity index (χ0n) is 8.28. The van der Waals surface area contributed by atoms with E-state index in [0.717, 1.165) is 10.9 Å². The van der Waals surface area contributed by atoms with E-state index in [1.54, 1.807) is 0 Å². The molecule has 15 heavy (non-hydrogen) atoms. The molecule has 0 unspecified atom stereocenters. The lowest BCUT2D eigenvalue weighted by Crippen LogP contribution is -1.96. The molecule has 0 saturated carbocycles. The van der Waals surface area contributed by atoms with Crippen LogP contribution in [0.2, 0.25) is 0 Å². The average Bonchev–Trinajstić information content (AvgIpc) is 2.80. The maximum atomic E-state index is 3.47. The fourth-order valence-corrected chi connectivity index (χ4v) is 2.60. The van der Waals surface area contributed by atoms with Crippen LogP contribution in [0.25, 0.3) is 0 Å². The van der Waals surface area contributed by atoms with E-state index in [2.05, 4.69) is 64.5 Å². The van der Waals surface area contributed by atoms with Crippen molar-refractivity contribution < 1.29 is 0 Å². The summed E-state index contributed by atoms with van der Waals surface area (Å²) in [5.41, 5.74) is 4.32. The van der Waals surface area contributed by atoms with Crippen molar-refractivity contribution in [3.63, 3.8) is 0 Å². The Hall–Kier alpha value is -1.08. The monoisotopic (exact) mass is 258 g/mol. The second-order valence-electron chi connectivity index (χ2n) is 3.98. The van der Waals surface area contributed by atoms with Gasteiger partial charge in [-0.25, -0.2) is 0 Å². The van der Waals surface area contributed by atoms with Crippen molar-refractivity contribution in [1.82, 2.24) is 0 Å². The summed E-state index contributed by atoms with van der Waals surface area (Å²) in [5, 5.41) is 0. The smallest absolute Gasteiger partial charge is 0.0175 e. The molecular formula is C14H11Br. The Morgan fingerprint density at radius 2 is 1.93 bits per heavy atom. The highest BCUT2D eigenvalue weighted by molar-refractivity contribution is 9.10. The van der Waals surface area contributed by atoms with Gasteiger partial charge in [0, 0.05) is 10.4 Å². The highest BCUT2D eigenvalue weighted by atomic mass is 79.9. The molecule has 1 aromatic carbocycles. The van der Waals surface area contributed by atoms with Gasteiger partial charge in [0.05, 0.1) is 0 Å². The zero-order valence-corrected chi connectivity index (χ0v) is 9.87. The Morgan fingerprint density at radius 1 is 1.13 bits per heavy atom. The molecule has 0 nitrogen and oxygen atoms in total. The molecule has 0 aromatic heterocycles. The van der Waals surface area contributed by atoms with Gasteiger partial charge in [0.1, 0.15) is 0 Å². The van der Waals surface area contributed by atoms with Crippen LogP contribution in [-0.4, -0.2) is 0 Å². The minimum atomic E-state index is 0.572. The number of halogens is 1. The van der Waals surface area contributed by atoms with Crippen LogP contribution in [0.3, 0.4) is 0 Å². The van der Waals surface area contributed by atoms with Gasteiger partial charge in [0.2, 0.25) is 0 Å². The van der Waals surface area contributed by atoms with Crippen LogP contribution in [0, 0.1) is 0 Å². The molecule has 0 bridgehead atoms. The summed E-state index contributed by atoms with van der Waals surface area (Å²) < 4.78 is 1.15. The van der Waals surface area contributed by atoms with Gasteiger partial charge in [0.15, 0.2) is 0 Å². The topological polar surface area (TPSA) is 0 Å². The lowest BCUT2D eigenvalue weighted by atomic mass is 9.92. The highest BCUT2D eigenvalue weighted by Crippen LogP contribution is 2.41. The molecule has 2 aliphatic rings. The van der Waals surface area contributed by atoms with Crippen molar-refractivity contribution in [2.24, 2.45) is 0 Å². The molecule has 74 valence electrons. The van der Waals surface area contributed by atoms with E-state index in [1.807, 2.05) is 0 Å². The summed E-state index contributed by atoms with van der Waals surface area (Å²) >= 11 is 3.47. The van der Waals surface area contributed by atoms with E-state index < -0.39 is 0 Å². The standard InChI is InChI=1S/C14H11Br/c15-12-7-4-11(5-8-12)14-9-6-10-2-1-3-13(10)14/h1-8,14H,9H2/t14-/m0/s1. The summed E-state index contributed by atoms with van der Waals surface area (Å²) in [4.78, 5) is 0. The maximum Gasteiger partial charge on any atom is 0.0175 e. The van der Waals surface area contributed by atoms with Crippen LogP contribution in [0.15, 0.2) is 64.2 Å². The fourth-order valence-electron chi connectivity index (χ4n) is 2.33. The first-order valence-corrected chi connectivity index (χ1v) is 5.98. The molecule has 0 radical (unpaired) electrons. The van der Waals surface area contributed by atoms with Crippen molar-refractivity contribution in [3.05, 3.63) is 69.8 Å². The second kappa shape index (κ2) is 3.49. The van der Waals surface area contributed by atoms with Gasteiger partial charge in [-0.15, -0.1) is 0 Å². The first kappa shape index (κ1) is 9.17. The number of hydrogen-bond donors (Lipinski definition) is 0. The molecule has 0 fully saturated rings. The molecule has 0 N–H and O–H groups in total. The number of hydrogen-bond acceptors (Lipinski definition) is 0. The van der Waals surface area contributed by atoms with Gasteiger partial charge in [0.25, 0.3) is 0 Å². The summed E-state index contributed by atoms with van der Waals surface area (Å²) in [6, 6.07) is 8.67.